The van der Waals surface area contributed by atoms with Gasteiger partial charge in [0.05, 0.1) is 6.20 Å². The van der Waals surface area contributed by atoms with Gasteiger partial charge in [0, 0.05) is 12.1 Å². The van der Waals surface area contributed by atoms with Crippen LogP contribution in [0.5, 0.6) is 0 Å². The van der Waals surface area contributed by atoms with Crippen LogP contribution in [-0.2, 0) is 4.79 Å². The summed E-state index contributed by atoms with van der Waals surface area (Å²) in [6.07, 6.45) is 5.64. The Morgan fingerprint density at radius 1 is 1.28 bits per heavy atom. The number of aromatic nitrogens is 1. The van der Waals surface area contributed by atoms with Gasteiger partial charge in [-0.3, -0.25) is 9.69 Å². The summed E-state index contributed by atoms with van der Waals surface area (Å²) < 4.78 is 0. The number of nitrogens with one attached hydrogen (secondary N) is 3. The highest BCUT2D eigenvalue weighted by atomic mass is 16.2. The van der Waals surface area contributed by atoms with Gasteiger partial charge >= 0.3 is 0 Å². The van der Waals surface area contributed by atoms with E-state index in [1.165, 1.54) is 23.6 Å². The molecule has 3 rings (SSSR count). The lowest BCUT2D eigenvalue weighted by atomic mass is 9.78. The fourth-order valence-corrected chi connectivity index (χ4v) is 4.33. The Bertz CT molecular complexity index is 556. The molecule has 1 saturated carbocycles. The maximum Gasteiger partial charge on any atom is 0.278 e. The van der Waals surface area contributed by atoms with Crippen LogP contribution < -0.4 is 20.1 Å². The number of hydrogen-bond donors (Lipinski definition) is 2. The minimum Gasteiger partial charge on any atom is -0.348 e. The molecule has 2 aliphatic rings. The Morgan fingerprint density at radius 2 is 2.04 bits per heavy atom. The van der Waals surface area contributed by atoms with Gasteiger partial charge in [-0.25, -0.2) is 4.98 Å². The largest absolute Gasteiger partial charge is 0.348 e. The van der Waals surface area contributed by atoms with Crippen molar-refractivity contribution >= 4 is 11.7 Å². The average molecular weight is 347 g/mol. The number of rotatable bonds is 4. The van der Waals surface area contributed by atoms with E-state index in [-0.39, 0.29) is 11.9 Å². The van der Waals surface area contributed by atoms with Gasteiger partial charge in [-0.2, -0.15) is 0 Å². The molecule has 2 heterocycles. The number of anilines is 1. The van der Waals surface area contributed by atoms with Gasteiger partial charge in [-0.15, -0.1) is 0 Å². The lowest BCUT2D eigenvalue weighted by Crippen LogP contribution is -3.19. The molecule has 25 heavy (non-hydrogen) atoms. The average Bonchev–Trinajstić information content (AvgIpc) is 2.65. The maximum absolute atomic E-state index is 12.8. The number of H-pyrrole nitrogens is 1. The zero-order chi connectivity index (χ0) is 17.8. The second kappa shape index (κ2) is 8.17. The summed E-state index contributed by atoms with van der Waals surface area (Å²) in [7, 11) is 0. The molecule has 0 spiro atoms. The predicted molar refractivity (Wildman–Crippen MR) is 99.5 cm³/mol. The number of carbonyl (C=O) groups is 1. The first-order chi connectivity index (χ1) is 12.1. The zero-order valence-corrected chi connectivity index (χ0v) is 15.9. The number of aromatic amines is 1. The third-order valence-corrected chi connectivity index (χ3v) is 6.48. The van der Waals surface area contributed by atoms with Crippen LogP contribution in [0.15, 0.2) is 24.4 Å². The topological polar surface area (TPSA) is 50.9 Å². The van der Waals surface area contributed by atoms with E-state index in [4.69, 9.17) is 0 Å². The van der Waals surface area contributed by atoms with E-state index in [0.29, 0.717) is 17.9 Å². The van der Waals surface area contributed by atoms with Gasteiger partial charge in [0.25, 0.3) is 11.7 Å². The minimum absolute atomic E-state index is 0.0336. The molecule has 0 aromatic carbocycles. The predicted octanol–water partition coefficient (Wildman–Crippen LogP) is 0.535. The van der Waals surface area contributed by atoms with E-state index in [2.05, 4.69) is 48.1 Å². The van der Waals surface area contributed by atoms with E-state index < -0.39 is 0 Å². The van der Waals surface area contributed by atoms with E-state index >= 15 is 0 Å². The molecule has 0 radical (unpaired) electrons. The van der Waals surface area contributed by atoms with Crippen molar-refractivity contribution in [2.45, 2.75) is 52.1 Å². The highest BCUT2D eigenvalue weighted by Gasteiger charge is 2.35. The van der Waals surface area contributed by atoms with Crippen LogP contribution in [0.25, 0.3) is 0 Å². The molecule has 3 N–H and O–H groups in total. The van der Waals surface area contributed by atoms with Crippen molar-refractivity contribution in [1.29, 1.82) is 0 Å². The van der Waals surface area contributed by atoms with Crippen LogP contribution in [0.2, 0.25) is 0 Å². The summed E-state index contributed by atoms with van der Waals surface area (Å²) in [6, 6.07) is 6.58. The van der Waals surface area contributed by atoms with Crippen molar-refractivity contribution in [3.8, 4) is 0 Å². The normalized spacial score (nSPS) is 29.2. The molecule has 1 aliphatic carbocycles. The van der Waals surface area contributed by atoms with Crippen LogP contribution in [0, 0.1) is 11.8 Å². The van der Waals surface area contributed by atoms with Crippen molar-refractivity contribution in [2.75, 3.05) is 31.1 Å². The molecule has 5 heteroatoms. The molecule has 1 saturated heterocycles. The third-order valence-electron chi connectivity index (χ3n) is 6.48. The lowest BCUT2D eigenvalue weighted by molar-refractivity contribution is -0.914. The van der Waals surface area contributed by atoms with Crippen LogP contribution in [0.4, 0.5) is 5.82 Å². The molecule has 138 valence electrons. The Kier molecular flexibility index (Phi) is 5.94. The minimum atomic E-state index is 0.0336. The summed E-state index contributed by atoms with van der Waals surface area (Å²) >= 11 is 0. The Hall–Kier alpha value is -1.62. The molecule has 1 amide bonds. The zero-order valence-electron chi connectivity index (χ0n) is 15.9. The third kappa shape index (κ3) is 4.32. The van der Waals surface area contributed by atoms with Gasteiger partial charge < -0.3 is 10.2 Å². The molecule has 4 atom stereocenters. The van der Waals surface area contributed by atoms with Crippen LogP contribution in [0.3, 0.4) is 0 Å². The first kappa shape index (κ1) is 18.2. The molecule has 1 aromatic heterocycles. The SMILES string of the molecule is C[C@H]1[C@@H](NC(=O)[C@@H](C)[NH+]2CCN(c3cccc[nH+]3)CC2)CCC[C@@H]1C. The molecule has 0 unspecified atom stereocenters. The van der Waals surface area contributed by atoms with Crippen LogP contribution in [-0.4, -0.2) is 44.2 Å². The summed E-state index contributed by atoms with van der Waals surface area (Å²) in [5.41, 5.74) is 0. The van der Waals surface area contributed by atoms with Crippen molar-refractivity contribution in [3.63, 3.8) is 0 Å². The fraction of sp³-hybridized carbons (Fsp3) is 0.700. The number of hydrogen-bond acceptors (Lipinski definition) is 2. The van der Waals surface area contributed by atoms with E-state index in [1.807, 2.05) is 12.3 Å². The fourth-order valence-electron chi connectivity index (χ4n) is 4.33. The quantitative estimate of drug-likeness (QED) is 0.836. The molecule has 0 bridgehead atoms. The van der Waals surface area contributed by atoms with Gasteiger partial charge in [0.1, 0.15) is 26.2 Å². The van der Waals surface area contributed by atoms with Crippen LogP contribution in [0.1, 0.15) is 40.0 Å². The summed E-state index contributed by atoms with van der Waals surface area (Å²) in [5.74, 6) is 2.71. The monoisotopic (exact) mass is 346 g/mol. The molecular formula is C20H34N4O+2. The maximum atomic E-state index is 12.8. The highest BCUT2D eigenvalue weighted by Crippen LogP contribution is 2.29. The number of piperazine rings is 1. The number of quaternary nitrogens is 1. The lowest BCUT2D eigenvalue weighted by Gasteiger charge is -2.36. The van der Waals surface area contributed by atoms with Crippen molar-refractivity contribution < 1.29 is 14.7 Å². The Morgan fingerprint density at radius 3 is 2.72 bits per heavy atom. The summed E-state index contributed by atoms with van der Waals surface area (Å²) in [6.45, 7) is 10.7. The summed E-state index contributed by atoms with van der Waals surface area (Å²) in [4.78, 5) is 19.8. The Labute approximate surface area is 151 Å². The van der Waals surface area contributed by atoms with E-state index in [1.54, 1.807) is 0 Å². The van der Waals surface area contributed by atoms with Gasteiger partial charge in [0.15, 0.2) is 6.04 Å². The van der Waals surface area contributed by atoms with E-state index in [0.717, 1.165) is 32.6 Å². The molecule has 2 fully saturated rings. The molecular weight excluding hydrogens is 312 g/mol. The van der Waals surface area contributed by atoms with Crippen molar-refractivity contribution in [2.24, 2.45) is 11.8 Å². The highest BCUT2D eigenvalue weighted by molar-refractivity contribution is 5.80. The van der Waals surface area contributed by atoms with Gasteiger partial charge in [0.2, 0.25) is 0 Å². The first-order valence-corrected chi connectivity index (χ1v) is 9.93. The second-order valence-corrected chi connectivity index (χ2v) is 8.00. The van der Waals surface area contributed by atoms with Gasteiger partial charge in [-0.1, -0.05) is 32.8 Å². The van der Waals surface area contributed by atoms with E-state index in [9.17, 15) is 4.79 Å². The standard InChI is InChI=1S/C20H32N4O/c1-15-7-6-8-18(16(15)2)22-20(25)17(3)23-11-13-24(14-12-23)19-9-4-5-10-21-19/h4-5,9-10,15-18H,6-8,11-14H2,1-3H3,(H,22,25)/p+2/t15-,16+,17+,18-/m0/s1. The van der Waals surface area contributed by atoms with Crippen molar-refractivity contribution in [3.05, 3.63) is 24.4 Å². The number of pyridine rings is 1. The number of nitrogens with zero attached hydrogens (tertiary/aromatic N) is 1. The van der Waals surface area contributed by atoms with Crippen molar-refractivity contribution in [1.82, 2.24) is 5.32 Å². The number of carbonyl (C=O) groups excluding carboxylic acids is 1. The number of amides is 1. The molecule has 1 aliphatic heterocycles. The van der Waals surface area contributed by atoms with Crippen LogP contribution >= 0.6 is 0 Å². The first-order valence-electron chi connectivity index (χ1n) is 9.93. The molecule has 5 nitrogen and oxygen atoms in total. The molecule has 1 aromatic rings. The summed E-state index contributed by atoms with van der Waals surface area (Å²) in [5, 5.41) is 3.36. The van der Waals surface area contributed by atoms with Gasteiger partial charge in [-0.05, 0) is 31.2 Å². The second-order valence-electron chi connectivity index (χ2n) is 8.00. The smallest absolute Gasteiger partial charge is 0.278 e. The Balaban J connectivity index is 1.50.